The molecule has 1 N–H and O–H groups in total. The number of nitrogens with zero attached hydrogens (tertiary/aromatic N) is 5. The van der Waals surface area contributed by atoms with Crippen molar-refractivity contribution in [3.05, 3.63) is 23.9 Å². The van der Waals surface area contributed by atoms with E-state index in [4.69, 9.17) is 5.26 Å². The largest absolute Gasteiger partial charge is 0.353 e. The number of hydrogen-bond acceptors (Lipinski definition) is 6. The smallest absolute Gasteiger partial charge is 0.325 e. The highest BCUT2D eigenvalue weighted by Gasteiger charge is 2.52. The average Bonchev–Trinajstić information content (AvgIpc) is 3.28. The molecule has 2 aliphatic heterocycles. The Bertz CT molecular complexity index is 849. The van der Waals surface area contributed by atoms with Crippen molar-refractivity contribution in [1.82, 2.24) is 20.1 Å². The minimum Gasteiger partial charge on any atom is -0.353 e. The minimum atomic E-state index is -0.784. The molecule has 2 saturated heterocycles. The molecule has 0 radical (unpaired) electrons. The van der Waals surface area contributed by atoms with Gasteiger partial charge in [0.15, 0.2) is 0 Å². The van der Waals surface area contributed by atoms with Crippen LogP contribution in [-0.2, 0) is 9.59 Å². The Morgan fingerprint density at radius 1 is 1.21 bits per heavy atom. The van der Waals surface area contributed by atoms with E-state index in [1.54, 1.807) is 23.2 Å². The van der Waals surface area contributed by atoms with Crippen molar-refractivity contribution in [2.24, 2.45) is 0 Å². The third kappa shape index (κ3) is 3.15. The third-order valence-electron chi connectivity index (χ3n) is 5.83. The van der Waals surface area contributed by atoms with Crippen molar-refractivity contribution in [3.63, 3.8) is 0 Å². The van der Waals surface area contributed by atoms with Crippen molar-refractivity contribution >= 4 is 23.7 Å². The Balaban J connectivity index is 1.35. The lowest BCUT2D eigenvalue weighted by Crippen LogP contribution is -2.52. The summed E-state index contributed by atoms with van der Waals surface area (Å²) in [6.07, 6.45) is 4.72. The van der Waals surface area contributed by atoms with Crippen LogP contribution < -0.4 is 10.2 Å². The van der Waals surface area contributed by atoms with Crippen LogP contribution in [0.25, 0.3) is 0 Å². The number of hydrogen-bond donors (Lipinski definition) is 1. The predicted octanol–water partition coefficient (Wildman–Crippen LogP) is 0.466. The molecule has 1 aromatic heterocycles. The molecule has 1 saturated carbocycles. The second kappa shape index (κ2) is 7.11. The van der Waals surface area contributed by atoms with Crippen LogP contribution in [0.5, 0.6) is 0 Å². The van der Waals surface area contributed by atoms with E-state index in [1.165, 1.54) is 0 Å². The van der Waals surface area contributed by atoms with Crippen molar-refractivity contribution < 1.29 is 14.4 Å². The maximum absolute atomic E-state index is 12.7. The van der Waals surface area contributed by atoms with E-state index in [2.05, 4.69) is 16.4 Å². The van der Waals surface area contributed by atoms with Crippen LogP contribution in [0.15, 0.2) is 18.3 Å². The number of piperazine rings is 1. The Morgan fingerprint density at radius 3 is 2.61 bits per heavy atom. The maximum atomic E-state index is 12.7. The second-order valence-corrected chi connectivity index (χ2v) is 7.49. The topological polar surface area (TPSA) is 110 Å². The normalized spacial score (nSPS) is 21.2. The van der Waals surface area contributed by atoms with Gasteiger partial charge in [-0.1, -0.05) is 12.8 Å². The van der Waals surface area contributed by atoms with Gasteiger partial charge >= 0.3 is 6.03 Å². The first-order valence-corrected chi connectivity index (χ1v) is 9.55. The van der Waals surface area contributed by atoms with Gasteiger partial charge in [0, 0.05) is 32.4 Å². The van der Waals surface area contributed by atoms with Gasteiger partial charge in [-0.05, 0) is 25.0 Å². The Hall–Kier alpha value is -3.15. The fraction of sp³-hybridized carbons (Fsp3) is 0.526. The Kier molecular flexibility index (Phi) is 4.63. The molecule has 0 atom stereocenters. The number of nitriles is 1. The molecule has 0 unspecified atom stereocenters. The van der Waals surface area contributed by atoms with Gasteiger partial charge in [0.2, 0.25) is 5.91 Å². The highest BCUT2D eigenvalue weighted by Crippen LogP contribution is 2.35. The summed E-state index contributed by atoms with van der Waals surface area (Å²) >= 11 is 0. The molecule has 9 heteroatoms. The number of carbonyl (C=O) groups excluding carboxylic acids is 3. The number of amides is 4. The first kappa shape index (κ1) is 18.2. The van der Waals surface area contributed by atoms with E-state index in [0.717, 1.165) is 17.7 Å². The number of anilines is 1. The molecule has 4 amide bonds. The summed E-state index contributed by atoms with van der Waals surface area (Å²) < 4.78 is 0. The van der Waals surface area contributed by atoms with Crippen LogP contribution in [0.2, 0.25) is 0 Å². The van der Waals surface area contributed by atoms with Gasteiger partial charge in [0.25, 0.3) is 5.91 Å². The highest BCUT2D eigenvalue weighted by molar-refractivity contribution is 6.09. The number of imide groups is 1. The number of rotatable bonds is 3. The first-order valence-electron chi connectivity index (χ1n) is 9.55. The van der Waals surface area contributed by atoms with Crippen LogP contribution in [0.4, 0.5) is 10.6 Å². The third-order valence-corrected chi connectivity index (χ3v) is 5.83. The lowest BCUT2D eigenvalue weighted by atomic mass is 9.98. The van der Waals surface area contributed by atoms with Crippen molar-refractivity contribution in [3.8, 4) is 6.07 Å². The summed E-state index contributed by atoms with van der Waals surface area (Å²) in [5.74, 6) is 0.222. The fourth-order valence-corrected chi connectivity index (χ4v) is 4.22. The van der Waals surface area contributed by atoms with E-state index >= 15 is 0 Å². The van der Waals surface area contributed by atoms with Gasteiger partial charge in [-0.15, -0.1) is 0 Å². The van der Waals surface area contributed by atoms with E-state index < -0.39 is 11.6 Å². The molecule has 0 bridgehead atoms. The molecular weight excluding hydrogens is 360 g/mol. The molecule has 1 aliphatic carbocycles. The van der Waals surface area contributed by atoms with Gasteiger partial charge in [-0.3, -0.25) is 14.5 Å². The van der Waals surface area contributed by atoms with Crippen LogP contribution in [-0.4, -0.2) is 70.9 Å². The average molecular weight is 382 g/mol. The van der Waals surface area contributed by atoms with E-state index in [9.17, 15) is 14.4 Å². The van der Waals surface area contributed by atoms with Crippen molar-refractivity contribution in [2.75, 3.05) is 37.6 Å². The molecule has 3 aliphatic rings. The maximum Gasteiger partial charge on any atom is 0.325 e. The lowest BCUT2D eigenvalue weighted by Gasteiger charge is -2.36. The summed E-state index contributed by atoms with van der Waals surface area (Å²) in [6.45, 7) is 1.90. The molecule has 28 heavy (non-hydrogen) atoms. The second-order valence-electron chi connectivity index (χ2n) is 7.49. The van der Waals surface area contributed by atoms with Gasteiger partial charge in [-0.2, -0.15) is 5.26 Å². The minimum absolute atomic E-state index is 0.214. The van der Waals surface area contributed by atoms with Gasteiger partial charge in [0.1, 0.15) is 17.9 Å². The van der Waals surface area contributed by atoms with Crippen molar-refractivity contribution in [1.29, 1.82) is 5.26 Å². The monoisotopic (exact) mass is 382 g/mol. The van der Waals surface area contributed by atoms with Crippen LogP contribution in [0.1, 0.15) is 31.2 Å². The molecule has 9 nitrogen and oxygen atoms in total. The van der Waals surface area contributed by atoms with E-state index in [1.807, 2.05) is 4.90 Å². The molecule has 1 spiro atoms. The van der Waals surface area contributed by atoms with Gasteiger partial charge in [0.05, 0.1) is 11.6 Å². The zero-order valence-corrected chi connectivity index (χ0v) is 15.6. The highest BCUT2D eigenvalue weighted by atomic mass is 16.2. The molecule has 0 aromatic carbocycles. The fourth-order valence-electron chi connectivity index (χ4n) is 4.22. The quantitative estimate of drug-likeness (QED) is 0.761. The summed E-state index contributed by atoms with van der Waals surface area (Å²) in [4.78, 5) is 46.6. The lowest BCUT2D eigenvalue weighted by molar-refractivity contribution is -0.139. The van der Waals surface area contributed by atoms with Crippen LogP contribution in [0.3, 0.4) is 0 Å². The molecular formula is C19H22N6O3. The number of carbonyl (C=O) groups is 3. The molecule has 146 valence electrons. The SMILES string of the molecule is N#Cc1ccnc(N2CCN(C(=O)CN3C(=O)NC4(CCCC4)C3=O)CC2)c1. The summed E-state index contributed by atoms with van der Waals surface area (Å²) in [5.41, 5.74) is -0.240. The zero-order valence-electron chi connectivity index (χ0n) is 15.6. The summed E-state index contributed by atoms with van der Waals surface area (Å²) in [6, 6.07) is 5.01. The molecule has 4 rings (SSSR count). The first-order chi connectivity index (χ1) is 13.5. The number of urea groups is 1. The predicted molar refractivity (Wildman–Crippen MR) is 99.2 cm³/mol. The van der Waals surface area contributed by atoms with E-state index in [0.29, 0.717) is 50.4 Å². The molecule has 3 heterocycles. The van der Waals surface area contributed by atoms with Crippen LogP contribution in [0, 0.1) is 11.3 Å². The summed E-state index contributed by atoms with van der Waals surface area (Å²) in [5, 5.41) is 11.8. The Labute approximate surface area is 162 Å². The molecule has 1 aromatic rings. The number of pyridine rings is 1. The zero-order chi connectivity index (χ0) is 19.7. The van der Waals surface area contributed by atoms with Gasteiger partial charge in [-0.25, -0.2) is 9.78 Å². The van der Waals surface area contributed by atoms with Crippen molar-refractivity contribution in [2.45, 2.75) is 31.2 Å². The Morgan fingerprint density at radius 2 is 1.93 bits per heavy atom. The standard InChI is InChI=1S/C19H22N6O3/c20-12-14-3-6-21-15(11-14)23-7-9-24(10-8-23)16(26)13-25-17(27)19(22-18(25)28)4-1-2-5-19/h3,6,11H,1-2,4-5,7-10,13H2,(H,22,28). The summed E-state index contributed by atoms with van der Waals surface area (Å²) in [7, 11) is 0. The van der Waals surface area contributed by atoms with E-state index in [-0.39, 0.29) is 18.4 Å². The van der Waals surface area contributed by atoms with Gasteiger partial charge < -0.3 is 15.1 Å². The number of nitrogens with one attached hydrogen (secondary N) is 1. The van der Waals surface area contributed by atoms with Crippen LogP contribution >= 0.6 is 0 Å². The molecule has 3 fully saturated rings. The number of aromatic nitrogens is 1.